The van der Waals surface area contributed by atoms with Gasteiger partial charge in [-0.2, -0.15) is 0 Å². The zero-order valence-corrected chi connectivity index (χ0v) is 10.5. The zero-order chi connectivity index (χ0) is 12.7. The molecule has 3 nitrogen and oxygen atoms in total. The number of esters is 1. The van der Waals surface area contributed by atoms with Crippen LogP contribution in [0.4, 0.5) is 0 Å². The Labute approximate surface area is 102 Å². The van der Waals surface area contributed by atoms with Gasteiger partial charge in [-0.1, -0.05) is 19.1 Å². The van der Waals surface area contributed by atoms with Crippen LogP contribution >= 0.6 is 0 Å². The lowest BCUT2D eigenvalue weighted by Gasteiger charge is -2.06. The third-order valence-electron chi connectivity index (χ3n) is 2.42. The van der Waals surface area contributed by atoms with Crippen molar-refractivity contribution in [2.24, 2.45) is 0 Å². The second-order valence-corrected chi connectivity index (χ2v) is 3.50. The third kappa shape index (κ3) is 3.94. The minimum atomic E-state index is -0.292. The van der Waals surface area contributed by atoms with Crippen LogP contribution in [0, 0.1) is 0 Å². The largest absolute Gasteiger partial charge is 0.497 e. The van der Waals surface area contributed by atoms with E-state index in [0.29, 0.717) is 6.61 Å². The van der Waals surface area contributed by atoms with Crippen LogP contribution in [0.1, 0.15) is 25.8 Å². The smallest absolute Gasteiger partial charge is 0.331 e. The minimum Gasteiger partial charge on any atom is -0.497 e. The van der Waals surface area contributed by atoms with E-state index in [4.69, 9.17) is 9.47 Å². The van der Waals surface area contributed by atoms with Crippen molar-refractivity contribution in [2.75, 3.05) is 13.7 Å². The van der Waals surface area contributed by atoms with Gasteiger partial charge in [-0.05, 0) is 36.6 Å². The van der Waals surface area contributed by atoms with E-state index in [-0.39, 0.29) is 5.97 Å². The lowest BCUT2D eigenvalue weighted by atomic mass is 10.0. The summed E-state index contributed by atoms with van der Waals surface area (Å²) >= 11 is 0. The molecule has 0 fully saturated rings. The van der Waals surface area contributed by atoms with Gasteiger partial charge < -0.3 is 9.47 Å². The number of hydrogen-bond acceptors (Lipinski definition) is 3. The fourth-order valence-electron chi connectivity index (χ4n) is 1.52. The Bertz CT molecular complexity index is 390. The van der Waals surface area contributed by atoms with E-state index in [1.165, 1.54) is 0 Å². The van der Waals surface area contributed by atoms with Gasteiger partial charge in [0.05, 0.1) is 13.7 Å². The summed E-state index contributed by atoms with van der Waals surface area (Å²) in [5, 5.41) is 0. The number of carbonyl (C=O) groups is 1. The maximum absolute atomic E-state index is 11.4. The molecule has 0 bridgehead atoms. The van der Waals surface area contributed by atoms with Gasteiger partial charge in [0, 0.05) is 6.08 Å². The first-order chi connectivity index (χ1) is 8.21. The van der Waals surface area contributed by atoms with Crippen molar-refractivity contribution in [3.8, 4) is 5.75 Å². The van der Waals surface area contributed by atoms with E-state index in [2.05, 4.69) is 0 Å². The van der Waals surface area contributed by atoms with Gasteiger partial charge in [-0.25, -0.2) is 4.79 Å². The average molecular weight is 234 g/mol. The first-order valence-corrected chi connectivity index (χ1v) is 5.73. The van der Waals surface area contributed by atoms with Gasteiger partial charge in [-0.3, -0.25) is 0 Å². The number of ether oxygens (including phenoxy) is 2. The summed E-state index contributed by atoms with van der Waals surface area (Å²) in [7, 11) is 1.63. The molecule has 0 saturated carbocycles. The van der Waals surface area contributed by atoms with E-state index >= 15 is 0 Å². The molecule has 0 atom stereocenters. The Morgan fingerprint density at radius 2 is 1.88 bits per heavy atom. The van der Waals surface area contributed by atoms with Gasteiger partial charge in [0.25, 0.3) is 0 Å². The quantitative estimate of drug-likeness (QED) is 0.580. The summed E-state index contributed by atoms with van der Waals surface area (Å²) in [5.41, 5.74) is 1.98. The molecule has 17 heavy (non-hydrogen) atoms. The lowest BCUT2D eigenvalue weighted by molar-refractivity contribution is -0.137. The number of rotatable bonds is 5. The number of methoxy groups -OCH3 is 1. The highest BCUT2D eigenvalue weighted by molar-refractivity contribution is 5.91. The molecule has 0 radical (unpaired) electrons. The molecule has 0 aliphatic carbocycles. The van der Waals surface area contributed by atoms with Crippen molar-refractivity contribution < 1.29 is 14.3 Å². The van der Waals surface area contributed by atoms with E-state index in [0.717, 1.165) is 23.3 Å². The predicted octanol–water partition coefficient (Wildman–Crippen LogP) is 3.05. The molecule has 0 amide bonds. The topological polar surface area (TPSA) is 35.5 Å². The van der Waals surface area contributed by atoms with Gasteiger partial charge in [0.15, 0.2) is 0 Å². The monoisotopic (exact) mass is 234 g/mol. The van der Waals surface area contributed by atoms with Gasteiger partial charge >= 0.3 is 5.97 Å². The predicted molar refractivity (Wildman–Crippen MR) is 67.9 cm³/mol. The maximum Gasteiger partial charge on any atom is 0.331 e. The summed E-state index contributed by atoms with van der Waals surface area (Å²) in [5.74, 6) is 0.514. The molecule has 1 aromatic rings. The highest BCUT2D eigenvalue weighted by Crippen LogP contribution is 2.21. The minimum absolute atomic E-state index is 0.292. The number of carbonyl (C=O) groups excluding carboxylic acids is 1. The lowest BCUT2D eigenvalue weighted by Crippen LogP contribution is -2.00. The summed E-state index contributed by atoms with van der Waals surface area (Å²) in [6.45, 7) is 4.20. The Balaban J connectivity index is 2.89. The van der Waals surface area contributed by atoms with Gasteiger partial charge in [0.1, 0.15) is 5.75 Å². The Morgan fingerprint density at radius 3 is 2.35 bits per heavy atom. The van der Waals surface area contributed by atoms with Crippen LogP contribution in [0.5, 0.6) is 5.75 Å². The van der Waals surface area contributed by atoms with Crippen LogP contribution in [0.3, 0.4) is 0 Å². The molecule has 0 spiro atoms. The van der Waals surface area contributed by atoms with E-state index in [1.807, 2.05) is 31.2 Å². The van der Waals surface area contributed by atoms with Crippen molar-refractivity contribution in [1.29, 1.82) is 0 Å². The molecular formula is C14H18O3. The van der Waals surface area contributed by atoms with E-state index in [9.17, 15) is 4.79 Å². The summed E-state index contributed by atoms with van der Waals surface area (Å²) in [6.07, 6.45) is 2.33. The van der Waals surface area contributed by atoms with Crippen molar-refractivity contribution in [3.63, 3.8) is 0 Å². The number of benzene rings is 1. The number of hydrogen-bond donors (Lipinski definition) is 0. The highest BCUT2D eigenvalue weighted by Gasteiger charge is 2.04. The van der Waals surface area contributed by atoms with Crippen molar-refractivity contribution >= 4 is 11.5 Å². The molecule has 1 rings (SSSR count). The average Bonchev–Trinajstić information content (AvgIpc) is 2.36. The molecule has 0 aliphatic rings. The van der Waals surface area contributed by atoms with E-state index in [1.54, 1.807) is 20.1 Å². The molecule has 0 aromatic heterocycles. The molecule has 0 heterocycles. The van der Waals surface area contributed by atoms with Crippen LogP contribution in [0.15, 0.2) is 30.3 Å². The Kier molecular flexibility index (Phi) is 5.27. The zero-order valence-electron chi connectivity index (χ0n) is 10.5. The molecule has 0 N–H and O–H groups in total. The van der Waals surface area contributed by atoms with Crippen molar-refractivity contribution in [2.45, 2.75) is 20.3 Å². The second-order valence-electron chi connectivity index (χ2n) is 3.50. The molecule has 0 unspecified atom stereocenters. The summed E-state index contributed by atoms with van der Waals surface area (Å²) < 4.78 is 9.99. The van der Waals surface area contributed by atoms with Crippen LogP contribution < -0.4 is 4.74 Å². The summed E-state index contributed by atoms with van der Waals surface area (Å²) in [6, 6.07) is 7.63. The Morgan fingerprint density at radius 1 is 1.24 bits per heavy atom. The van der Waals surface area contributed by atoms with Crippen molar-refractivity contribution in [3.05, 3.63) is 35.9 Å². The van der Waals surface area contributed by atoms with Crippen molar-refractivity contribution in [1.82, 2.24) is 0 Å². The van der Waals surface area contributed by atoms with Gasteiger partial charge in [-0.15, -0.1) is 0 Å². The Hall–Kier alpha value is -1.77. The fraction of sp³-hybridized carbons (Fsp3) is 0.357. The molecular weight excluding hydrogens is 216 g/mol. The van der Waals surface area contributed by atoms with Crippen LogP contribution in [-0.4, -0.2) is 19.7 Å². The SMILES string of the molecule is CCOC(=O)C=C(CC)c1ccc(OC)cc1. The first-order valence-electron chi connectivity index (χ1n) is 5.73. The third-order valence-corrected chi connectivity index (χ3v) is 2.42. The standard InChI is InChI=1S/C14H18O3/c1-4-11(10-14(15)17-5-2)12-6-8-13(16-3)9-7-12/h6-10H,4-5H2,1-3H3. The van der Waals surface area contributed by atoms with E-state index < -0.39 is 0 Å². The van der Waals surface area contributed by atoms with Gasteiger partial charge in [0.2, 0.25) is 0 Å². The molecule has 0 saturated heterocycles. The first kappa shape index (κ1) is 13.3. The van der Waals surface area contributed by atoms with Crippen LogP contribution in [0.2, 0.25) is 0 Å². The van der Waals surface area contributed by atoms with Crippen LogP contribution in [0.25, 0.3) is 5.57 Å². The summed E-state index contributed by atoms with van der Waals surface area (Å²) in [4.78, 5) is 11.4. The normalized spacial score (nSPS) is 11.1. The van der Waals surface area contributed by atoms with Crippen LogP contribution in [-0.2, 0) is 9.53 Å². The molecule has 0 aliphatic heterocycles. The fourth-order valence-corrected chi connectivity index (χ4v) is 1.52. The molecule has 1 aromatic carbocycles. The number of allylic oxidation sites excluding steroid dienone is 1. The second kappa shape index (κ2) is 6.74. The molecule has 92 valence electrons. The highest BCUT2D eigenvalue weighted by atomic mass is 16.5. The maximum atomic E-state index is 11.4. The molecule has 3 heteroatoms.